The van der Waals surface area contributed by atoms with Crippen LogP contribution in [0.2, 0.25) is 0 Å². The second-order valence-corrected chi connectivity index (χ2v) is 7.59. The van der Waals surface area contributed by atoms with Crippen LogP contribution in [0.4, 0.5) is 10.5 Å². The van der Waals surface area contributed by atoms with E-state index in [1.54, 1.807) is 52.0 Å². The number of hydrogen-bond acceptors (Lipinski definition) is 4. The predicted octanol–water partition coefficient (Wildman–Crippen LogP) is 3.05. The van der Waals surface area contributed by atoms with Crippen molar-refractivity contribution in [2.45, 2.75) is 38.2 Å². The standard InChI is InChI=1S/C13H20N2O3S/c1-5-19(17,11-8-6-7-10(14)9-11)15-12(16)18-13(2,3)4/h6-9H,5,14H2,1-4H3/t19-/m1/s1. The molecule has 0 aliphatic carbocycles. The van der Waals surface area contributed by atoms with E-state index in [4.69, 9.17) is 10.5 Å². The molecule has 0 saturated heterocycles. The summed E-state index contributed by atoms with van der Waals surface area (Å²) >= 11 is 0. The Labute approximate surface area is 114 Å². The van der Waals surface area contributed by atoms with Gasteiger partial charge in [0, 0.05) is 11.4 Å². The summed E-state index contributed by atoms with van der Waals surface area (Å²) in [7, 11) is -2.83. The lowest BCUT2D eigenvalue weighted by molar-refractivity contribution is 0.0607. The Hall–Kier alpha value is -1.56. The summed E-state index contributed by atoms with van der Waals surface area (Å²) in [5, 5.41) is 0. The molecule has 1 rings (SSSR count). The first kappa shape index (κ1) is 15.5. The summed E-state index contributed by atoms with van der Waals surface area (Å²) in [4.78, 5) is 12.1. The average molecular weight is 284 g/mol. The summed E-state index contributed by atoms with van der Waals surface area (Å²) < 4.78 is 21.5. The maximum absolute atomic E-state index is 12.7. The molecule has 0 aromatic heterocycles. The lowest BCUT2D eigenvalue weighted by atomic mass is 10.2. The molecule has 6 heteroatoms. The number of benzene rings is 1. The van der Waals surface area contributed by atoms with Crippen LogP contribution < -0.4 is 5.73 Å². The van der Waals surface area contributed by atoms with Crippen molar-refractivity contribution in [3.63, 3.8) is 0 Å². The normalized spacial score (nSPS) is 14.5. The molecule has 1 aromatic carbocycles. The Balaban J connectivity index is 3.18. The average Bonchev–Trinajstić information content (AvgIpc) is 2.26. The molecule has 1 amide bonds. The van der Waals surface area contributed by atoms with Crippen LogP contribution in [0.1, 0.15) is 27.7 Å². The molecule has 1 atom stereocenters. The number of rotatable bonds is 2. The topological polar surface area (TPSA) is 81.8 Å². The van der Waals surface area contributed by atoms with Gasteiger partial charge in [0.2, 0.25) is 0 Å². The maximum atomic E-state index is 12.7. The molecule has 0 bridgehead atoms. The molecule has 0 aliphatic rings. The van der Waals surface area contributed by atoms with Gasteiger partial charge in [-0.15, -0.1) is 4.36 Å². The van der Waals surface area contributed by atoms with E-state index in [1.165, 1.54) is 0 Å². The highest BCUT2D eigenvalue weighted by Crippen LogP contribution is 2.18. The molecule has 1 aromatic rings. The molecule has 0 unspecified atom stereocenters. The van der Waals surface area contributed by atoms with E-state index in [9.17, 15) is 9.00 Å². The van der Waals surface area contributed by atoms with Crippen LogP contribution in [0, 0.1) is 0 Å². The Morgan fingerprint density at radius 3 is 2.53 bits per heavy atom. The fourth-order valence-electron chi connectivity index (χ4n) is 1.40. The number of ether oxygens (including phenoxy) is 1. The number of nitrogens with two attached hydrogens (primary N) is 1. The van der Waals surface area contributed by atoms with Gasteiger partial charge in [-0.3, -0.25) is 0 Å². The highest BCUT2D eigenvalue weighted by molar-refractivity contribution is 7.93. The Bertz CT molecular complexity index is 582. The van der Waals surface area contributed by atoms with Gasteiger partial charge in [0.05, 0.1) is 14.6 Å². The minimum atomic E-state index is -2.83. The van der Waals surface area contributed by atoms with Crippen LogP contribution in [-0.4, -0.2) is 21.7 Å². The van der Waals surface area contributed by atoms with Gasteiger partial charge in [0.1, 0.15) is 5.60 Å². The molecular formula is C13H20N2O3S. The Morgan fingerprint density at radius 1 is 1.42 bits per heavy atom. The first-order valence-electron chi connectivity index (χ1n) is 6.00. The van der Waals surface area contributed by atoms with Gasteiger partial charge >= 0.3 is 6.09 Å². The summed E-state index contributed by atoms with van der Waals surface area (Å²) in [6.07, 6.45) is -0.818. The molecule has 2 N–H and O–H groups in total. The van der Waals surface area contributed by atoms with Gasteiger partial charge in [0.15, 0.2) is 0 Å². The highest BCUT2D eigenvalue weighted by Gasteiger charge is 2.19. The van der Waals surface area contributed by atoms with Crippen molar-refractivity contribution in [2.24, 2.45) is 4.36 Å². The molecule has 19 heavy (non-hydrogen) atoms. The van der Waals surface area contributed by atoms with Gasteiger partial charge in [-0.05, 0) is 39.0 Å². The third-order valence-electron chi connectivity index (χ3n) is 2.23. The van der Waals surface area contributed by atoms with Crippen molar-refractivity contribution in [2.75, 3.05) is 11.5 Å². The zero-order valence-corrected chi connectivity index (χ0v) is 12.5. The van der Waals surface area contributed by atoms with Crippen molar-refractivity contribution in [1.82, 2.24) is 0 Å². The molecule has 0 fully saturated rings. The lowest BCUT2D eigenvalue weighted by Crippen LogP contribution is -2.23. The minimum absolute atomic E-state index is 0.218. The van der Waals surface area contributed by atoms with Crippen LogP contribution in [0.15, 0.2) is 33.5 Å². The number of nitrogen functional groups attached to an aromatic ring is 1. The van der Waals surface area contributed by atoms with Crippen LogP contribution in [0.25, 0.3) is 0 Å². The highest BCUT2D eigenvalue weighted by atomic mass is 32.2. The van der Waals surface area contributed by atoms with Crippen molar-refractivity contribution < 1.29 is 13.7 Å². The monoisotopic (exact) mass is 284 g/mol. The van der Waals surface area contributed by atoms with Crippen LogP contribution in [0.5, 0.6) is 0 Å². The molecule has 0 saturated carbocycles. The molecule has 0 aliphatic heterocycles. The molecule has 0 radical (unpaired) electrons. The predicted molar refractivity (Wildman–Crippen MR) is 76.5 cm³/mol. The van der Waals surface area contributed by atoms with Gasteiger partial charge in [-0.1, -0.05) is 13.0 Å². The zero-order chi connectivity index (χ0) is 14.7. The quantitative estimate of drug-likeness (QED) is 0.846. The molecule has 0 spiro atoms. The third kappa shape index (κ3) is 4.55. The molecule has 106 valence electrons. The number of amides is 1. The van der Waals surface area contributed by atoms with Crippen LogP contribution in [-0.2, 0) is 14.5 Å². The van der Waals surface area contributed by atoms with E-state index in [1.807, 2.05) is 0 Å². The maximum Gasteiger partial charge on any atom is 0.442 e. The van der Waals surface area contributed by atoms with Gasteiger partial charge in [0.25, 0.3) is 0 Å². The van der Waals surface area contributed by atoms with Crippen LogP contribution >= 0.6 is 0 Å². The van der Waals surface area contributed by atoms with Crippen molar-refractivity contribution in [3.8, 4) is 0 Å². The fraction of sp³-hybridized carbons (Fsp3) is 0.462. The van der Waals surface area contributed by atoms with Crippen molar-refractivity contribution >= 4 is 21.5 Å². The van der Waals surface area contributed by atoms with E-state index in [0.717, 1.165) is 0 Å². The lowest BCUT2D eigenvalue weighted by Gasteiger charge is -2.18. The second kappa shape index (κ2) is 5.61. The number of anilines is 1. The summed E-state index contributed by atoms with van der Waals surface area (Å²) in [6, 6.07) is 6.59. The van der Waals surface area contributed by atoms with Crippen molar-refractivity contribution in [1.29, 1.82) is 0 Å². The number of hydrogen-bond donors (Lipinski definition) is 1. The van der Waals surface area contributed by atoms with Gasteiger partial charge in [-0.25, -0.2) is 9.00 Å². The summed E-state index contributed by atoms with van der Waals surface area (Å²) in [5.41, 5.74) is 5.48. The smallest absolute Gasteiger partial charge is 0.442 e. The van der Waals surface area contributed by atoms with E-state index >= 15 is 0 Å². The largest absolute Gasteiger partial charge is 0.442 e. The zero-order valence-electron chi connectivity index (χ0n) is 11.7. The fourth-order valence-corrected chi connectivity index (χ4v) is 2.86. The molecule has 5 nitrogen and oxygen atoms in total. The summed E-state index contributed by atoms with van der Waals surface area (Å²) in [6.45, 7) is 6.90. The molecule has 0 heterocycles. The first-order chi connectivity index (χ1) is 8.66. The van der Waals surface area contributed by atoms with Crippen LogP contribution in [0.3, 0.4) is 0 Å². The van der Waals surface area contributed by atoms with Crippen molar-refractivity contribution in [3.05, 3.63) is 24.3 Å². The summed E-state index contributed by atoms with van der Waals surface area (Å²) in [5.74, 6) is 0.218. The minimum Gasteiger partial charge on any atom is -0.442 e. The van der Waals surface area contributed by atoms with E-state index in [0.29, 0.717) is 10.6 Å². The van der Waals surface area contributed by atoms with Gasteiger partial charge < -0.3 is 10.5 Å². The third-order valence-corrected chi connectivity index (χ3v) is 4.45. The molecular weight excluding hydrogens is 264 g/mol. The second-order valence-electron chi connectivity index (χ2n) is 5.07. The SMILES string of the molecule is CC[S@](=O)(=NC(=O)OC(C)(C)C)c1cccc(N)c1. The van der Waals surface area contributed by atoms with E-state index in [2.05, 4.69) is 4.36 Å². The Kier molecular flexibility index (Phi) is 4.57. The Morgan fingerprint density at radius 2 is 2.05 bits per heavy atom. The van der Waals surface area contributed by atoms with E-state index in [-0.39, 0.29) is 5.75 Å². The van der Waals surface area contributed by atoms with E-state index < -0.39 is 21.4 Å². The number of carbonyl (C=O) groups excluding carboxylic acids is 1. The first-order valence-corrected chi connectivity index (χ1v) is 7.68. The number of nitrogens with zero attached hydrogens (tertiary/aromatic N) is 1. The van der Waals surface area contributed by atoms with Gasteiger partial charge in [-0.2, -0.15) is 0 Å². The number of carbonyl (C=O) groups is 1.